The molecule has 4 heteroatoms. The second kappa shape index (κ2) is 7.07. The fourth-order valence-corrected chi connectivity index (χ4v) is 2.24. The number of aromatic nitrogens is 1. The number of pyridine rings is 1. The molecule has 0 bridgehead atoms. The summed E-state index contributed by atoms with van der Waals surface area (Å²) in [6.07, 6.45) is 3.30. The third-order valence-corrected chi connectivity index (χ3v) is 3.18. The van der Waals surface area contributed by atoms with E-state index in [1.807, 2.05) is 6.07 Å². The van der Waals surface area contributed by atoms with Crippen molar-refractivity contribution in [3.63, 3.8) is 0 Å². The van der Waals surface area contributed by atoms with Crippen LogP contribution in [0.25, 0.3) is 0 Å². The van der Waals surface area contributed by atoms with Crippen LogP contribution in [0.15, 0.2) is 36.7 Å². The van der Waals surface area contributed by atoms with Crippen molar-refractivity contribution in [2.45, 2.75) is 27.7 Å². The first kappa shape index (κ1) is 16.0. The van der Waals surface area contributed by atoms with Crippen molar-refractivity contribution in [1.82, 2.24) is 10.3 Å². The van der Waals surface area contributed by atoms with Gasteiger partial charge in [0.1, 0.15) is 0 Å². The van der Waals surface area contributed by atoms with E-state index < -0.39 is 0 Å². The Bertz CT molecular complexity index is 645. The molecule has 2 N–H and O–H groups in total. The fraction of sp³-hybridized carbons (Fsp3) is 0.333. The van der Waals surface area contributed by atoms with Crippen LogP contribution in [0.2, 0.25) is 0 Å². The van der Waals surface area contributed by atoms with E-state index in [-0.39, 0.29) is 5.91 Å². The Morgan fingerprint density at radius 1 is 1.05 bits per heavy atom. The molecular formula is C18H23N3O. The standard InChI is InChI=1S/C18H23N3O/c1-12(2)9-20-18(22)15-8-17(11-19-10-15)21-16-6-13(3)5-14(4)7-16/h5-8,10-12,21H,9H2,1-4H3,(H,20,22). The van der Waals surface area contributed by atoms with E-state index in [2.05, 4.69) is 61.5 Å². The molecule has 1 heterocycles. The van der Waals surface area contributed by atoms with Crippen molar-refractivity contribution in [3.05, 3.63) is 53.3 Å². The Hall–Kier alpha value is -2.36. The van der Waals surface area contributed by atoms with Crippen LogP contribution in [0.4, 0.5) is 11.4 Å². The number of amides is 1. The summed E-state index contributed by atoms with van der Waals surface area (Å²) in [7, 11) is 0. The highest BCUT2D eigenvalue weighted by Crippen LogP contribution is 2.19. The first-order valence-electron chi connectivity index (χ1n) is 7.52. The van der Waals surface area contributed by atoms with Crippen molar-refractivity contribution in [1.29, 1.82) is 0 Å². The number of anilines is 2. The van der Waals surface area contributed by atoms with Crippen molar-refractivity contribution in [3.8, 4) is 0 Å². The lowest BCUT2D eigenvalue weighted by Crippen LogP contribution is -2.27. The number of hydrogen-bond acceptors (Lipinski definition) is 3. The van der Waals surface area contributed by atoms with Gasteiger partial charge < -0.3 is 10.6 Å². The molecule has 1 aromatic carbocycles. The highest BCUT2D eigenvalue weighted by molar-refractivity contribution is 5.94. The lowest BCUT2D eigenvalue weighted by atomic mass is 10.1. The fourth-order valence-electron chi connectivity index (χ4n) is 2.24. The van der Waals surface area contributed by atoms with E-state index in [0.29, 0.717) is 18.0 Å². The number of nitrogens with one attached hydrogen (secondary N) is 2. The zero-order valence-corrected chi connectivity index (χ0v) is 13.6. The zero-order chi connectivity index (χ0) is 16.1. The van der Waals surface area contributed by atoms with Gasteiger partial charge in [0.05, 0.1) is 17.4 Å². The molecule has 0 aliphatic rings. The Morgan fingerprint density at radius 3 is 2.36 bits per heavy atom. The van der Waals surface area contributed by atoms with Gasteiger partial charge in [-0.1, -0.05) is 19.9 Å². The van der Waals surface area contributed by atoms with Gasteiger partial charge in [0.15, 0.2) is 0 Å². The molecule has 0 fully saturated rings. The minimum atomic E-state index is -0.0923. The first-order chi connectivity index (χ1) is 10.4. The monoisotopic (exact) mass is 297 g/mol. The van der Waals surface area contributed by atoms with E-state index in [0.717, 1.165) is 11.4 Å². The molecule has 0 unspecified atom stereocenters. The van der Waals surface area contributed by atoms with Gasteiger partial charge in [-0.2, -0.15) is 0 Å². The van der Waals surface area contributed by atoms with E-state index in [9.17, 15) is 4.79 Å². The number of carbonyl (C=O) groups excluding carboxylic acids is 1. The molecule has 2 aromatic rings. The van der Waals surface area contributed by atoms with Crippen LogP contribution in [-0.2, 0) is 0 Å². The summed E-state index contributed by atoms with van der Waals surface area (Å²) in [6, 6.07) is 8.08. The van der Waals surface area contributed by atoms with Crippen LogP contribution >= 0.6 is 0 Å². The Morgan fingerprint density at radius 2 is 1.73 bits per heavy atom. The highest BCUT2D eigenvalue weighted by Gasteiger charge is 2.07. The van der Waals surface area contributed by atoms with Crippen LogP contribution in [0.3, 0.4) is 0 Å². The second-order valence-corrected chi connectivity index (χ2v) is 6.07. The number of aryl methyl sites for hydroxylation is 2. The van der Waals surface area contributed by atoms with E-state index in [1.165, 1.54) is 11.1 Å². The number of carbonyl (C=O) groups is 1. The summed E-state index contributed by atoms with van der Waals surface area (Å²) in [5, 5.41) is 6.20. The molecule has 1 amide bonds. The Balaban J connectivity index is 2.12. The van der Waals surface area contributed by atoms with Gasteiger partial charge in [-0.3, -0.25) is 9.78 Å². The largest absolute Gasteiger partial charge is 0.354 e. The summed E-state index contributed by atoms with van der Waals surface area (Å²) in [6.45, 7) is 8.92. The molecule has 0 aliphatic heterocycles. The molecule has 0 aliphatic carbocycles. The first-order valence-corrected chi connectivity index (χ1v) is 7.52. The van der Waals surface area contributed by atoms with E-state index in [4.69, 9.17) is 0 Å². The second-order valence-electron chi connectivity index (χ2n) is 6.07. The van der Waals surface area contributed by atoms with Crippen LogP contribution < -0.4 is 10.6 Å². The lowest BCUT2D eigenvalue weighted by molar-refractivity contribution is 0.0948. The molecule has 1 aromatic heterocycles. The molecule has 0 atom stereocenters. The Kier molecular flexibility index (Phi) is 5.15. The smallest absolute Gasteiger partial charge is 0.252 e. The normalized spacial score (nSPS) is 10.6. The van der Waals surface area contributed by atoms with Gasteiger partial charge in [0.2, 0.25) is 0 Å². The average molecular weight is 297 g/mol. The molecule has 0 saturated carbocycles. The minimum absolute atomic E-state index is 0.0923. The van der Waals surface area contributed by atoms with Crippen LogP contribution in [0.1, 0.15) is 35.3 Å². The van der Waals surface area contributed by atoms with Crippen molar-refractivity contribution < 1.29 is 4.79 Å². The number of rotatable bonds is 5. The molecule has 22 heavy (non-hydrogen) atoms. The minimum Gasteiger partial charge on any atom is -0.354 e. The Labute approximate surface area is 132 Å². The SMILES string of the molecule is Cc1cc(C)cc(Nc2cncc(C(=O)NCC(C)C)c2)c1. The van der Waals surface area contributed by atoms with Crippen LogP contribution in [-0.4, -0.2) is 17.4 Å². The third kappa shape index (κ3) is 4.58. The maximum atomic E-state index is 12.1. The maximum Gasteiger partial charge on any atom is 0.252 e. The summed E-state index contributed by atoms with van der Waals surface area (Å²) in [5.41, 5.74) is 4.76. The average Bonchev–Trinajstić information content (AvgIpc) is 2.44. The quantitative estimate of drug-likeness (QED) is 0.882. The summed E-state index contributed by atoms with van der Waals surface area (Å²) in [5.74, 6) is 0.332. The molecular weight excluding hydrogens is 274 g/mol. The van der Waals surface area contributed by atoms with Crippen molar-refractivity contribution in [2.24, 2.45) is 5.92 Å². The summed E-state index contributed by atoms with van der Waals surface area (Å²) < 4.78 is 0. The van der Waals surface area contributed by atoms with E-state index in [1.54, 1.807) is 12.4 Å². The number of benzene rings is 1. The van der Waals surface area contributed by atoms with Gasteiger partial charge in [0.25, 0.3) is 5.91 Å². The van der Waals surface area contributed by atoms with Gasteiger partial charge in [-0.05, 0) is 49.1 Å². The topological polar surface area (TPSA) is 54.0 Å². The number of hydrogen-bond donors (Lipinski definition) is 2. The molecule has 0 radical (unpaired) electrons. The predicted octanol–water partition coefficient (Wildman–Crippen LogP) is 3.83. The third-order valence-electron chi connectivity index (χ3n) is 3.18. The number of nitrogens with zero attached hydrogens (tertiary/aromatic N) is 1. The van der Waals surface area contributed by atoms with Crippen molar-refractivity contribution >= 4 is 17.3 Å². The molecule has 0 saturated heterocycles. The van der Waals surface area contributed by atoms with E-state index >= 15 is 0 Å². The predicted molar refractivity (Wildman–Crippen MR) is 90.6 cm³/mol. The zero-order valence-electron chi connectivity index (χ0n) is 13.6. The van der Waals surface area contributed by atoms with Crippen molar-refractivity contribution in [2.75, 3.05) is 11.9 Å². The lowest BCUT2D eigenvalue weighted by Gasteiger charge is -2.11. The molecule has 4 nitrogen and oxygen atoms in total. The maximum absolute atomic E-state index is 12.1. The molecule has 2 rings (SSSR count). The van der Waals surface area contributed by atoms with Gasteiger partial charge in [-0.25, -0.2) is 0 Å². The van der Waals surface area contributed by atoms with Crippen LogP contribution in [0.5, 0.6) is 0 Å². The summed E-state index contributed by atoms with van der Waals surface area (Å²) >= 11 is 0. The molecule has 0 spiro atoms. The van der Waals surface area contributed by atoms with Crippen LogP contribution in [0, 0.1) is 19.8 Å². The highest BCUT2D eigenvalue weighted by atomic mass is 16.1. The van der Waals surface area contributed by atoms with Gasteiger partial charge >= 0.3 is 0 Å². The van der Waals surface area contributed by atoms with Gasteiger partial charge in [0, 0.05) is 18.4 Å². The summed E-state index contributed by atoms with van der Waals surface area (Å²) in [4.78, 5) is 16.2. The molecule has 116 valence electrons. The van der Waals surface area contributed by atoms with Gasteiger partial charge in [-0.15, -0.1) is 0 Å².